The summed E-state index contributed by atoms with van der Waals surface area (Å²) >= 11 is 2.06. The Morgan fingerprint density at radius 3 is 3.15 bits per heavy atom. The number of hydrogen-bond donors (Lipinski definition) is 1. The minimum Gasteiger partial charge on any atom is -0.496 e. The van der Waals surface area contributed by atoms with E-state index < -0.39 is 0 Å². The van der Waals surface area contributed by atoms with Crippen LogP contribution in [0.2, 0.25) is 0 Å². The van der Waals surface area contributed by atoms with Crippen molar-refractivity contribution in [2.24, 2.45) is 5.92 Å². The Morgan fingerprint density at radius 1 is 1.69 bits per heavy atom. The van der Waals surface area contributed by atoms with Gasteiger partial charge in [-0.05, 0) is 37.0 Å². The van der Waals surface area contributed by atoms with E-state index in [-0.39, 0.29) is 0 Å². The highest BCUT2D eigenvalue weighted by atomic mass is 32.2. The summed E-state index contributed by atoms with van der Waals surface area (Å²) in [7, 11) is 2.04. The third-order valence-electron chi connectivity index (χ3n) is 2.79. The molecule has 3 heteroatoms. The Bertz CT molecular complexity index is 199. The van der Waals surface area contributed by atoms with E-state index in [1.54, 1.807) is 0 Å². The Hall–Kier alpha value is -0.150. The molecule has 0 spiro atoms. The van der Waals surface area contributed by atoms with Crippen LogP contribution in [0.15, 0.2) is 11.8 Å². The molecule has 0 amide bonds. The molecule has 2 atom stereocenters. The van der Waals surface area contributed by atoms with Crippen LogP contribution in [0, 0.1) is 5.92 Å². The van der Waals surface area contributed by atoms with Crippen molar-refractivity contribution in [2.45, 2.75) is 18.9 Å². The first-order valence-electron chi connectivity index (χ1n) is 4.99. The molecule has 0 radical (unpaired) electrons. The highest BCUT2D eigenvalue weighted by Crippen LogP contribution is 2.30. The minimum atomic E-state index is 0.470. The first-order valence-corrected chi connectivity index (χ1v) is 6.15. The smallest absolute Gasteiger partial charge is 0.109 e. The molecular weight excluding hydrogens is 182 g/mol. The Balaban J connectivity index is 1.98. The molecule has 74 valence electrons. The van der Waals surface area contributed by atoms with E-state index in [9.17, 15) is 0 Å². The number of nitrogens with one attached hydrogen (secondary N) is 1. The molecule has 0 bridgehead atoms. The SMILES string of the molecule is CNC(C1=CCCO1)C1CCSC1. The van der Waals surface area contributed by atoms with Gasteiger partial charge in [-0.1, -0.05) is 0 Å². The lowest BCUT2D eigenvalue weighted by Gasteiger charge is -2.23. The number of hydrogen-bond acceptors (Lipinski definition) is 3. The number of rotatable bonds is 3. The Morgan fingerprint density at radius 2 is 2.62 bits per heavy atom. The maximum Gasteiger partial charge on any atom is 0.109 e. The maximum absolute atomic E-state index is 5.61. The molecule has 0 aromatic carbocycles. The summed E-state index contributed by atoms with van der Waals surface area (Å²) in [6, 6.07) is 0.470. The van der Waals surface area contributed by atoms with Crippen LogP contribution in [0.3, 0.4) is 0 Å². The second kappa shape index (κ2) is 4.38. The summed E-state index contributed by atoms with van der Waals surface area (Å²) in [4.78, 5) is 0. The van der Waals surface area contributed by atoms with Crippen LogP contribution in [0.1, 0.15) is 12.8 Å². The predicted molar refractivity (Wildman–Crippen MR) is 56.9 cm³/mol. The fraction of sp³-hybridized carbons (Fsp3) is 0.800. The maximum atomic E-state index is 5.61. The molecule has 0 aromatic rings. The lowest BCUT2D eigenvalue weighted by Crippen LogP contribution is -2.35. The second-order valence-corrected chi connectivity index (χ2v) is 4.78. The summed E-state index contributed by atoms with van der Waals surface area (Å²) in [5.41, 5.74) is 0. The van der Waals surface area contributed by atoms with Gasteiger partial charge in [-0.2, -0.15) is 11.8 Å². The van der Waals surface area contributed by atoms with Crippen LogP contribution in [-0.4, -0.2) is 31.2 Å². The molecule has 0 aromatic heterocycles. The van der Waals surface area contributed by atoms with Crippen molar-refractivity contribution in [1.82, 2.24) is 5.32 Å². The molecule has 1 saturated heterocycles. The van der Waals surface area contributed by atoms with Crippen LogP contribution < -0.4 is 5.32 Å². The molecule has 0 saturated carbocycles. The monoisotopic (exact) mass is 199 g/mol. The van der Waals surface area contributed by atoms with E-state index in [0.29, 0.717) is 6.04 Å². The van der Waals surface area contributed by atoms with Gasteiger partial charge in [0.2, 0.25) is 0 Å². The largest absolute Gasteiger partial charge is 0.496 e. The van der Waals surface area contributed by atoms with Crippen molar-refractivity contribution in [3.05, 3.63) is 11.8 Å². The van der Waals surface area contributed by atoms with Gasteiger partial charge in [0.25, 0.3) is 0 Å². The zero-order valence-electron chi connectivity index (χ0n) is 8.08. The number of ether oxygens (including phenoxy) is 1. The average Bonchev–Trinajstić information content (AvgIpc) is 2.76. The van der Waals surface area contributed by atoms with Gasteiger partial charge in [0, 0.05) is 6.42 Å². The van der Waals surface area contributed by atoms with Crippen molar-refractivity contribution in [2.75, 3.05) is 25.2 Å². The molecule has 2 rings (SSSR count). The fourth-order valence-electron chi connectivity index (χ4n) is 2.08. The van der Waals surface area contributed by atoms with Crippen molar-refractivity contribution in [3.8, 4) is 0 Å². The molecule has 2 aliphatic heterocycles. The van der Waals surface area contributed by atoms with E-state index in [2.05, 4.69) is 23.2 Å². The van der Waals surface area contributed by atoms with Crippen molar-refractivity contribution in [3.63, 3.8) is 0 Å². The molecular formula is C10H17NOS. The third-order valence-corrected chi connectivity index (χ3v) is 3.97. The van der Waals surface area contributed by atoms with Gasteiger partial charge in [-0.15, -0.1) is 0 Å². The van der Waals surface area contributed by atoms with Crippen molar-refractivity contribution < 1.29 is 4.74 Å². The first kappa shape index (κ1) is 9.41. The average molecular weight is 199 g/mol. The molecule has 1 N–H and O–H groups in total. The predicted octanol–water partition coefficient (Wildman–Crippen LogP) is 1.63. The van der Waals surface area contributed by atoms with Crippen molar-refractivity contribution in [1.29, 1.82) is 0 Å². The second-order valence-electron chi connectivity index (χ2n) is 3.63. The molecule has 2 aliphatic rings. The van der Waals surface area contributed by atoms with E-state index >= 15 is 0 Å². The molecule has 0 aliphatic carbocycles. The summed E-state index contributed by atoms with van der Waals surface area (Å²) < 4.78 is 5.61. The van der Waals surface area contributed by atoms with Crippen LogP contribution in [-0.2, 0) is 4.74 Å². The van der Waals surface area contributed by atoms with E-state index in [4.69, 9.17) is 4.74 Å². The summed E-state index contributed by atoms with van der Waals surface area (Å²) in [5, 5.41) is 3.38. The highest BCUT2D eigenvalue weighted by molar-refractivity contribution is 7.99. The van der Waals surface area contributed by atoms with Gasteiger partial charge < -0.3 is 10.1 Å². The lowest BCUT2D eigenvalue weighted by atomic mass is 9.97. The third kappa shape index (κ3) is 2.02. The fourth-order valence-corrected chi connectivity index (χ4v) is 3.38. The normalized spacial score (nSPS) is 29.9. The standard InChI is InChI=1S/C10H17NOS/c1-11-10(8-4-6-13-7-8)9-3-2-5-12-9/h3,8,10-11H,2,4-7H2,1H3. The summed E-state index contributed by atoms with van der Waals surface area (Å²) in [5.74, 6) is 4.57. The van der Waals surface area contributed by atoms with Gasteiger partial charge in [0.15, 0.2) is 0 Å². The van der Waals surface area contributed by atoms with Crippen LogP contribution in [0.4, 0.5) is 0 Å². The summed E-state index contributed by atoms with van der Waals surface area (Å²) in [6.45, 7) is 0.882. The zero-order valence-corrected chi connectivity index (χ0v) is 8.90. The van der Waals surface area contributed by atoms with Crippen LogP contribution in [0.5, 0.6) is 0 Å². The van der Waals surface area contributed by atoms with E-state index in [0.717, 1.165) is 18.9 Å². The lowest BCUT2D eigenvalue weighted by molar-refractivity contribution is 0.200. The van der Waals surface area contributed by atoms with Gasteiger partial charge in [-0.3, -0.25) is 0 Å². The topological polar surface area (TPSA) is 21.3 Å². The van der Waals surface area contributed by atoms with Gasteiger partial charge >= 0.3 is 0 Å². The molecule has 2 nitrogen and oxygen atoms in total. The first-order chi connectivity index (χ1) is 6.42. The van der Waals surface area contributed by atoms with Crippen LogP contribution >= 0.6 is 11.8 Å². The quantitative estimate of drug-likeness (QED) is 0.746. The Kier molecular flexibility index (Phi) is 3.17. The molecule has 1 fully saturated rings. The van der Waals surface area contributed by atoms with Gasteiger partial charge in [-0.25, -0.2) is 0 Å². The number of thioether (sulfide) groups is 1. The van der Waals surface area contributed by atoms with E-state index in [1.165, 1.54) is 23.7 Å². The van der Waals surface area contributed by atoms with Crippen LogP contribution in [0.25, 0.3) is 0 Å². The summed E-state index contributed by atoms with van der Waals surface area (Å²) in [6.07, 6.45) is 4.66. The molecule has 2 unspecified atom stereocenters. The number of likely N-dealkylation sites (N-methyl/N-ethyl adjacent to an activating group) is 1. The minimum absolute atomic E-state index is 0.470. The van der Waals surface area contributed by atoms with E-state index in [1.807, 2.05) is 7.05 Å². The molecule has 2 heterocycles. The molecule has 13 heavy (non-hydrogen) atoms. The zero-order chi connectivity index (χ0) is 9.10. The van der Waals surface area contributed by atoms with Gasteiger partial charge in [0.1, 0.15) is 5.76 Å². The van der Waals surface area contributed by atoms with Crippen molar-refractivity contribution >= 4 is 11.8 Å². The highest BCUT2D eigenvalue weighted by Gasteiger charge is 2.29. The van der Waals surface area contributed by atoms with Gasteiger partial charge in [0.05, 0.1) is 12.6 Å². The Labute approximate surface area is 84.1 Å².